The van der Waals surface area contributed by atoms with E-state index in [0.717, 1.165) is 5.56 Å². The van der Waals surface area contributed by atoms with Crippen LogP contribution in [0.1, 0.15) is 5.56 Å². The molecule has 1 amide bonds. The Balaban J connectivity index is 1.77. The van der Waals surface area contributed by atoms with Gasteiger partial charge in [-0.1, -0.05) is 30.3 Å². The van der Waals surface area contributed by atoms with Gasteiger partial charge in [-0.25, -0.2) is 4.79 Å². The summed E-state index contributed by atoms with van der Waals surface area (Å²) in [7, 11) is 0. The first-order chi connectivity index (χ1) is 13.9. The molecule has 0 bridgehead atoms. The van der Waals surface area contributed by atoms with Crippen LogP contribution in [0.25, 0.3) is 0 Å². The minimum absolute atomic E-state index is 0.0536. The molecular formula is C20H23NO8. The van der Waals surface area contributed by atoms with E-state index in [9.17, 15) is 24.9 Å². The molecule has 9 heteroatoms. The molecule has 0 aliphatic rings. The lowest BCUT2D eigenvalue weighted by Gasteiger charge is -2.24. The second kappa shape index (κ2) is 11.1. The summed E-state index contributed by atoms with van der Waals surface area (Å²) in [6.07, 6.45) is -7.52. The third-order valence-corrected chi connectivity index (χ3v) is 3.97. The van der Waals surface area contributed by atoms with Crippen molar-refractivity contribution in [1.82, 2.24) is 0 Å². The second-order valence-corrected chi connectivity index (χ2v) is 6.20. The SMILES string of the molecule is O=C[C@H](O)[C@@H](O)[C@@H](O)[C@H](O)COc1ccc(NC(=O)OCc2ccccc2)cc1. The minimum Gasteiger partial charge on any atom is -0.491 e. The van der Waals surface area contributed by atoms with Crippen LogP contribution in [0.2, 0.25) is 0 Å². The van der Waals surface area contributed by atoms with Gasteiger partial charge in [0.25, 0.3) is 0 Å². The average Bonchev–Trinajstić information content (AvgIpc) is 2.76. The van der Waals surface area contributed by atoms with Gasteiger partial charge in [-0.2, -0.15) is 0 Å². The Bertz CT molecular complexity index is 768. The number of anilines is 1. The molecule has 5 N–H and O–H groups in total. The number of rotatable bonds is 10. The van der Waals surface area contributed by atoms with Gasteiger partial charge in [0.2, 0.25) is 0 Å². The first-order valence-electron chi connectivity index (χ1n) is 8.79. The zero-order chi connectivity index (χ0) is 21.2. The highest BCUT2D eigenvalue weighted by molar-refractivity contribution is 5.84. The van der Waals surface area contributed by atoms with Crippen molar-refractivity contribution in [2.45, 2.75) is 31.0 Å². The molecule has 2 aromatic rings. The van der Waals surface area contributed by atoms with Crippen molar-refractivity contribution in [3.63, 3.8) is 0 Å². The van der Waals surface area contributed by atoms with Crippen molar-refractivity contribution in [3.8, 4) is 5.75 Å². The Kier molecular flexibility index (Phi) is 8.56. The number of aldehydes is 1. The van der Waals surface area contributed by atoms with Crippen LogP contribution in [0.15, 0.2) is 54.6 Å². The number of ether oxygens (including phenoxy) is 2. The van der Waals surface area contributed by atoms with E-state index >= 15 is 0 Å². The van der Waals surface area contributed by atoms with E-state index in [0.29, 0.717) is 11.4 Å². The number of nitrogens with one attached hydrogen (secondary N) is 1. The van der Waals surface area contributed by atoms with Crippen LogP contribution in [-0.4, -0.2) is 63.8 Å². The van der Waals surface area contributed by atoms with E-state index in [1.807, 2.05) is 30.3 Å². The fraction of sp³-hybridized carbons (Fsp3) is 0.300. The fourth-order valence-corrected chi connectivity index (χ4v) is 2.30. The number of aliphatic hydroxyl groups is 4. The maximum atomic E-state index is 11.8. The predicted molar refractivity (Wildman–Crippen MR) is 102 cm³/mol. The molecule has 4 atom stereocenters. The highest BCUT2D eigenvalue weighted by Gasteiger charge is 2.30. The summed E-state index contributed by atoms with van der Waals surface area (Å²) in [5.41, 5.74) is 1.32. The van der Waals surface area contributed by atoms with E-state index in [4.69, 9.17) is 14.6 Å². The van der Waals surface area contributed by atoms with Gasteiger partial charge in [-0.3, -0.25) is 5.32 Å². The van der Waals surface area contributed by atoms with Crippen LogP contribution in [0.4, 0.5) is 10.5 Å². The Labute approximate surface area is 167 Å². The molecule has 0 radical (unpaired) electrons. The summed E-state index contributed by atoms with van der Waals surface area (Å²) < 4.78 is 10.4. The Morgan fingerprint density at radius 2 is 1.62 bits per heavy atom. The summed E-state index contributed by atoms with van der Waals surface area (Å²) in [6.45, 7) is -0.256. The van der Waals surface area contributed by atoms with Crippen LogP contribution in [-0.2, 0) is 16.1 Å². The molecule has 2 rings (SSSR count). The van der Waals surface area contributed by atoms with E-state index in [-0.39, 0.29) is 12.9 Å². The number of benzene rings is 2. The molecule has 0 saturated heterocycles. The number of aliphatic hydroxyl groups excluding tert-OH is 4. The van der Waals surface area contributed by atoms with Crippen LogP contribution in [0.3, 0.4) is 0 Å². The maximum absolute atomic E-state index is 11.8. The molecule has 0 aliphatic heterocycles. The molecule has 0 aliphatic carbocycles. The minimum atomic E-state index is -1.83. The van der Waals surface area contributed by atoms with Gasteiger partial charge in [-0.05, 0) is 29.8 Å². The normalized spacial score (nSPS) is 14.9. The first-order valence-corrected chi connectivity index (χ1v) is 8.79. The third-order valence-electron chi connectivity index (χ3n) is 3.97. The number of hydrogen-bond donors (Lipinski definition) is 5. The molecule has 0 aromatic heterocycles. The number of hydrogen-bond acceptors (Lipinski definition) is 8. The summed E-state index contributed by atoms with van der Waals surface area (Å²) in [5.74, 6) is 0.324. The molecule has 29 heavy (non-hydrogen) atoms. The van der Waals surface area contributed by atoms with E-state index in [1.54, 1.807) is 12.1 Å². The van der Waals surface area contributed by atoms with Gasteiger partial charge >= 0.3 is 6.09 Å². The molecular weight excluding hydrogens is 382 g/mol. The van der Waals surface area contributed by atoms with E-state index < -0.39 is 37.1 Å². The van der Waals surface area contributed by atoms with Gasteiger partial charge in [-0.15, -0.1) is 0 Å². The summed E-state index contributed by atoms with van der Waals surface area (Å²) in [5, 5.41) is 40.7. The van der Waals surface area contributed by atoms with Crippen molar-refractivity contribution < 1.29 is 39.5 Å². The average molecular weight is 405 g/mol. The van der Waals surface area contributed by atoms with Crippen molar-refractivity contribution in [2.75, 3.05) is 11.9 Å². The third kappa shape index (κ3) is 7.16. The quantitative estimate of drug-likeness (QED) is 0.358. The molecule has 156 valence electrons. The zero-order valence-corrected chi connectivity index (χ0v) is 15.4. The fourth-order valence-electron chi connectivity index (χ4n) is 2.30. The van der Waals surface area contributed by atoms with Gasteiger partial charge in [0, 0.05) is 5.69 Å². The molecule has 0 fully saturated rings. The number of carbonyl (C=O) groups excluding carboxylic acids is 2. The van der Waals surface area contributed by atoms with Gasteiger partial charge in [0.1, 0.15) is 43.4 Å². The molecule has 0 spiro atoms. The Morgan fingerprint density at radius 3 is 2.24 bits per heavy atom. The van der Waals surface area contributed by atoms with Gasteiger partial charge < -0.3 is 34.7 Å². The van der Waals surface area contributed by atoms with Crippen LogP contribution in [0.5, 0.6) is 5.75 Å². The topological polar surface area (TPSA) is 146 Å². The smallest absolute Gasteiger partial charge is 0.411 e. The summed E-state index contributed by atoms with van der Waals surface area (Å²) in [4.78, 5) is 22.2. The largest absolute Gasteiger partial charge is 0.491 e. The Morgan fingerprint density at radius 1 is 0.966 bits per heavy atom. The summed E-state index contributed by atoms with van der Waals surface area (Å²) in [6, 6.07) is 15.4. The molecule has 0 unspecified atom stereocenters. The predicted octanol–water partition coefficient (Wildman–Crippen LogP) is 0.457. The number of carbonyl (C=O) groups is 2. The van der Waals surface area contributed by atoms with E-state index in [2.05, 4.69) is 5.32 Å². The molecule has 9 nitrogen and oxygen atoms in total. The van der Waals surface area contributed by atoms with Crippen molar-refractivity contribution >= 4 is 18.1 Å². The monoisotopic (exact) mass is 405 g/mol. The van der Waals surface area contributed by atoms with Crippen LogP contribution in [0, 0.1) is 0 Å². The standard InChI is InChI=1S/C20H23NO8/c22-10-16(23)18(25)19(26)17(24)12-28-15-8-6-14(7-9-15)21-20(27)29-11-13-4-2-1-3-5-13/h1-10,16-19,23-26H,11-12H2,(H,21,27)/t16-,17+,18+,19-/m0/s1. The van der Waals surface area contributed by atoms with Crippen molar-refractivity contribution in [2.24, 2.45) is 0 Å². The van der Waals surface area contributed by atoms with Gasteiger partial charge in [0.15, 0.2) is 6.29 Å². The highest BCUT2D eigenvalue weighted by atomic mass is 16.5. The second-order valence-electron chi connectivity index (χ2n) is 6.20. The highest BCUT2D eigenvalue weighted by Crippen LogP contribution is 2.17. The molecule has 0 heterocycles. The zero-order valence-electron chi connectivity index (χ0n) is 15.4. The lowest BCUT2D eigenvalue weighted by molar-refractivity contribution is -0.135. The van der Waals surface area contributed by atoms with Crippen molar-refractivity contribution in [3.05, 3.63) is 60.2 Å². The molecule has 0 saturated carbocycles. The maximum Gasteiger partial charge on any atom is 0.411 e. The molecule has 2 aromatic carbocycles. The first kappa shape index (κ1) is 22.3. The van der Waals surface area contributed by atoms with Crippen LogP contribution < -0.4 is 10.1 Å². The lowest BCUT2D eigenvalue weighted by Crippen LogP contribution is -2.47. The number of amides is 1. The lowest BCUT2D eigenvalue weighted by atomic mass is 10.0. The summed E-state index contributed by atoms with van der Waals surface area (Å²) >= 11 is 0. The Hall–Kier alpha value is -2.98. The van der Waals surface area contributed by atoms with Gasteiger partial charge in [0.05, 0.1) is 0 Å². The van der Waals surface area contributed by atoms with Crippen molar-refractivity contribution in [1.29, 1.82) is 0 Å². The van der Waals surface area contributed by atoms with E-state index in [1.165, 1.54) is 12.1 Å². The van der Waals surface area contributed by atoms with Crippen LogP contribution >= 0.6 is 0 Å².